The number of H-pyrrole nitrogens is 1. The number of aromatic nitrogens is 7. The summed E-state index contributed by atoms with van der Waals surface area (Å²) in [5.74, 6) is 2.26. The van der Waals surface area contributed by atoms with Gasteiger partial charge in [-0.1, -0.05) is 36.4 Å². The molecule has 0 saturated carbocycles. The molecule has 0 aliphatic carbocycles. The third kappa shape index (κ3) is 3.24. The Bertz CT molecular complexity index is 1580. The average molecular weight is 466 g/mol. The fourth-order valence-corrected chi connectivity index (χ4v) is 5.31. The predicted octanol–water partition coefficient (Wildman–Crippen LogP) is 4.80. The van der Waals surface area contributed by atoms with Crippen LogP contribution >= 0.6 is 0 Å². The van der Waals surface area contributed by atoms with E-state index in [-0.39, 0.29) is 5.92 Å². The smallest absolute Gasteiger partial charge is 0.186 e. The molecule has 5 aromatic rings. The van der Waals surface area contributed by atoms with Gasteiger partial charge in [0, 0.05) is 23.7 Å². The molecular weight excluding hydrogens is 438 g/mol. The molecule has 3 aromatic heterocycles. The average Bonchev–Trinajstić information content (AvgIpc) is 3.47. The van der Waals surface area contributed by atoms with E-state index in [2.05, 4.69) is 83.2 Å². The van der Waals surface area contributed by atoms with E-state index in [9.17, 15) is 0 Å². The first-order chi connectivity index (χ1) is 17.0. The molecule has 0 saturated heterocycles. The van der Waals surface area contributed by atoms with Crippen LogP contribution in [-0.2, 0) is 13.0 Å². The van der Waals surface area contributed by atoms with Gasteiger partial charge in [-0.15, -0.1) is 10.2 Å². The molecule has 1 atom stereocenters. The summed E-state index contributed by atoms with van der Waals surface area (Å²) in [6, 6.07) is 12.5. The summed E-state index contributed by atoms with van der Waals surface area (Å²) < 4.78 is 8.67. The standard InChI is InChI=1S/C27H27N7O/c1-6-22-29-25-14(2)11-15(3)28-27(25)34(22)20-12-21-23(17(5)16(20)4)24(26-30-32-33-31-26)19-10-8-7-9-18(19)13-35-21/h7-12,24H,6,13H2,1-5H3,(H,30,31,32,33). The Morgan fingerprint density at radius 1 is 1.06 bits per heavy atom. The molecule has 1 aliphatic rings. The Morgan fingerprint density at radius 2 is 1.89 bits per heavy atom. The maximum absolute atomic E-state index is 6.47. The van der Waals surface area contributed by atoms with Crippen molar-refractivity contribution in [2.45, 2.75) is 53.6 Å². The van der Waals surface area contributed by atoms with Crippen molar-refractivity contribution in [2.75, 3.05) is 0 Å². The van der Waals surface area contributed by atoms with Crippen LogP contribution in [0.2, 0.25) is 0 Å². The topological polar surface area (TPSA) is 94.4 Å². The van der Waals surface area contributed by atoms with Crippen molar-refractivity contribution in [1.82, 2.24) is 35.2 Å². The third-order valence-corrected chi connectivity index (χ3v) is 7.10. The second-order valence-corrected chi connectivity index (χ2v) is 9.22. The first kappa shape index (κ1) is 21.5. The highest BCUT2D eigenvalue weighted by Crippen LogP contribution is 2.44. The van der Waals surface area contributed by atoms with E-state index in [1.165, 1.54) is 0 Å². The van der Waals surface area contributed by atoms with Gasteiger partial charge >= 0.3 is 0 Å². The maximum Gasteiger partial charge on any atom is 0.186 e. The van der Waals surface area contributed by atoms with Gasteiger partial charge in [0.1, 0.15) is 23.7 Å². The van der Waals surface area contributed by atoms with Crippen molar-refractivity contribution in [1.29, 1.82) is 0 Å². The van der Waals surface area contributed by atoms with Crippen LogP contribution in [0.25, 0.3) is 16.9 Å². The third-order valence-electron chi connectivity index (χ3n) is 7.10. The summed E-state index contributed by atoms with van der Waals surface area (Å²) >= 11 is 0. The number of nitrogens with one attached hydrogen (secondary N) is 1. The summed E-state index contributed by atoms with van der Waals surface area (Å²) in [6.45, 7) is 11.0. The monoisotopic (exact) mass is 465 g/mol. The molecular formula is C27H27N7O. The van der Waals surface area contributed by atoms with E-state index >= 15 is 0 Å². The number of benzene rings is 2. The molecule has 6 rings (SSSR count). The van der Waals surface area contributed by atoms with Gasteiger partial charge in [0.15, 0.2) is 11.5 Å². The number of imidazole rings is 1. The van der Waals surface area contributed by atoms with Gasteiger partial charge in [-0.25, -0.2) is 9.97 Å². The fourth-order valence-electron chi connectivity index (χ4n) is 5.31. The largest absolute Gasteiger partial charge is 0.488 e. The van der Waals surface area contributed by atoms with E-state index in [0.717, 1.165) is 73.9 Å². The van der Waals surface area contributed by atoms with E-state index in [4.69, 9.17) is 14.7 Å². The number of aryl methyl sites for hydroxylation is 3. The van der Waals surface area contributed by atoms with Crippen molar-refractivity contribution in [3.05, 3.63) is 87.1 Å². The van der Waals surface area contributed by atoms with Crippen LogP contribution in [-0.4, -0.2) is 35.2 Å². The summed E-state index contributed by atoms with van der Waals surface area (Å²) in [4.78, 5) is 9.86. The molecule has 0 bridgehead atoms. The summed E-state index contributed by atoms with van der Waals surface area (Å²) in [5, 5.41) is 15.3. The molecule has 0 amide bonds. The second-order valence-electron chi connectivity index (χ2n) is 9.22. The number of tetrazole rings is 1. The minimum absolute atomic E-state index is 0.178. The van der Waals surface area contributed by atoms with Crippen LogP contribution in [0.3, 0.4) is 0 Å². The zero-order valence-corrected chi connectivity index (χ0v) is 20.5. The zero-order chi connectivity index (χ0) is 24.3. The minimum Gasteiger partial charge on any atom is -0.488 e. The van der Waals surface area contributed by atoms with Crippen molar-refractivity contribution in [3.8, 4) is 11.4 Å². The molecule has 0 radical (unpaired) electrons. The van der Waals surface area contributed by atoms with Gasteiger partial charge in [-0.2, -0.15) is 5.21 Å². The summed E-state index contributed by atoms with van der Waals surface area (Å²) in [6.07, 6.45) is 0.794. The van der Waals surface area contributed by atoms with Gasteiger partial charge in [0.2, 0.25) is 0 Å². The Kier molecular flexibility index (Phi) is 4.91. The Balaban J connectivity index is 1.65. The number of ether oxygens (including phenoxy) is 1. The van der Waals surface area contributed by atoms with Crippen molar-refractivity contribution >= 4 is 11.2 Å². The Hall–Kier alpha value is -4.07. The SMILES string of the molecule is CCc1nc2c(C)cc(C)nc2n1-c1cc2c(c(C)c1C)C(c1nn[nH]n1)c1ccccc1CO2. The Morgan fingerprint density at radius 3 is 2.66 bits per heavy atom. The fraction of sp³-hybridized carbons (Fsp3) is 0.296. The van der Waals surface area contributed by atoms with Crippen LogP contribution in [0, 0.1) is 27.7 Å². The molecule has 4 heterocycles. The first-order valence-electron chi connectivity index (χ1n) is 11.9. The number of nitrogens with zero attached hydrogens (tertiary/aromatic N) is 6. The van der Waals surface area contributed by atoms with Crippen molar-refractivity contribution < 1.29 is 4.74 Å². The lowest BCUT2D eigenvalue weighted by atomic mass is 9.84. The van der Waals surface area contributed by atoms with Crippen LogP contribution in [0.5, 0.6) is 5.75 Å². The molecule has 8 nitrogen and oxygen atoms in total. The maximum atomic E-state index is 6.47. The lowest BCUT2D eigenvalue weighted by Gasteiger charge is -2.22. The molecule has 0 fully saturated rings. The quantitative estimate of drug-likeness (QED) is 0.411. The molecule has 1 aliphatic heterocycles. The molecule has 1 N–H and O–H groups in total. The highest BCUT2D eigenvalue weighted by atomic mass is 16.5. The van der Waals surface area contributed by atoms with Gasteiger partial charge < -0.3 is 4.74 Å². The van der Waals surface area contributed by atoms with Crippen LogP contribution < -0.4 is 4.74 Å². The number of hydrogen-bond acceptors (Lipinski definition) is 6. The van der Waals surface area contributed by atoms with E-state index < -0.39 is 0 Å². The normalized spacial score (nSPS) is 14.9. The Labute approximate surface area is 203 Å². The number of hydrogen-bond donors (Lipinski definition) is 1. The van der Waals surface area contributed by atoms with Crippen LogP contribution in [0.1, 0.15) is 63.6 Å². The summed E-state index contributed by atoms with van der Waals surface area (Å²) in [5.41, 5.74) is 10.6. The number of rotatable bonds is 3. The van der Waals surface area contributed by atoms with Crippen LogP contribution in [0.4, 0.5) is 0 Å². The lowest BCUT2D eigenvalue weighted by molar-refractivity contribution is 0.306. The molecule has 176 valence electrons. The molecule has 2 aromatic carbocycles. The summed E-state index contributed by atoms with van der Waals surface area (Å²) in [7, 11) is 0. The molecule has 1 unspecified atom stereocenters. The van der Waals surface area contributed by atoms with Gasteiger partial charge in [0.25, 0.3) is 0 Å². The molecule has 0 spiro atoms. The highest BCUT2D eigenvalue weighted by Gasteiger charge is 2.32. The van der Waals surface area contributed by atoms with E-state index in [1.807, 2.05) is 13.0 Å². The van der Waals surface area contributed by atoms with Gasteiger partial charge in [0.05, 0.1) is 11.6 Å². The predicted molar refractivity (Wildman–Crippen MR) is 133 cm³/mol. The first-order valence-corrected chi connectivity index (χ1v) is 11.9. The second kappa shape index (κ2) is 8.01. The van der Waals surface area contributed by atoms with E-state index in [0.29, 0.717) is 12.4 Å². The lowest BCUT2D eigenvalue weighted by Crippen LogP contribution is -2.12. The number of aromatic amines is 1. The van der Waals surface area contributed by atoms with Crippen molar-refractivity contribution in [3.63, 3.8) is 0 Å². The molecule has 8 heteroatoms. The van der Waals surface area contributed by atoms with Crippen LogP contribution in [0.15, 0.2) is 36.4 Å². The van der Waals surface area contributed by atoms with Gasteiger partial charge in [-0.3, -0.25) is 4.57 Å². The zero-order valence-electron chi connectivity index (χ0n) is 20.5. The molecule has 35 heavy (non-hydrogen) atoms. The van der Waals surface area contributed by atoms with Crippen molar-refractivity contribution in [2.24, 2.45) is 0 Å². The van der Waals surface area contributed by atoms with E-state index in [1.54, 1.807) is 0 Å². The van der Waals surface area contributed by atoms with Gasteiger partial charge in [-0.05, 0) is 61.6 Å². The number of pyridine rings is 1. The highest BCUT2D eigenvalue weighted by molar-refractivity contribution is 5.79. The minimum atomic E-state index is -0.178. The number of fused-ring (bicyclic) bond motifs is 3.